The van der Waals surface area contributed by atoms with Crippen molar-refractivity contribution in [1.82, 2.24) is 20.0 Å². The van der Waals surface area contributed by atoms with Gasteiger partial charge < -0.3 is 9.15 Å². The molecule has 0 bridgehead atoms. The average molecular weight is 299 g/mol. The number of benzene rings is 1. The lowest BCUT2D eigenvalue weighted by Gasteiger charge is -2.01. The van der Waals surface area contributed by atoms with Crippen LogP contribution < -0.4 is 10.1 Å². The number of amides is 1. The van der Waals surface area contributed by atoms with E-state index in [2.05, 4.69) is 20.6 Å². The zero-order valence-corrected chi connectivity index (χ0v) is 12.0. The van der Waals surface area contributed by atoms with E-state index in [9.17, 15) is 4.79 Å². The first-order valence-corrected chi connectivity index (χ1v) is 6.44. The maximum Gasteiger partial charge on any atom is 0.322 e. The van der Waals surface area contributed by atoms with Crippen LogP contribution in [0, 0.1) is 0 Å². The van der Waals surface area contributed by atoms with E-state index in [0.29, 0.717) is 22.9 Å². The zero-order valence-electron chi connectivity index (χ0n) is 12.0. The summed E-state index contributed by atoms with van der Waals surface area (Å²) in [5, 5.41) is 14.2. The largest absolute Gasteiger partial charge is 0.497 e. The second-order valence-corrected chi connectivity index (χ2v) is 4.44. The van der Waals surface area contributed by atoms with Gasteiger partial charge in [0.1, 0.15) is 11.4 Å². The van der Waals surface area contributed by atoms with E-state index < -0.39 is 0 Å². The molecule has 0 saturated carbocycles. The molecule has 0 spiro atoms. The Bertz CT molecular complexity index is 808. The molecule has 112 valence electrons. The van der Waals surface area contributed by atoms with Gasteiger partial charge in [-0.2, -0.15) is 5.10 Å². The van der Waals surface area contributed by atoms with Gasteiger partial charge in [0.2, 0.25) is 5.89 Å². The number of nitrogens with one attached hydrogen (secondary N) is 1. The highest BCUT2D eigenvalue weighted by Gasteiger charge is 2.15. The lowest BCUT2D eigenvalue weighted by Crippen LogP contribution is -2.16. The van der Waals surface area contributed by atoms with Crippen LogP contribution in [0.25, 0.3) is 11.5 Å². The second-order valence-electron chi connectivity index (χ2n) is 4.44. The van der Waals surface area contributed by atoms with Crippen LogP contribution in [0.4, 0.5) is 6.01 Å². The minimum absolute atomic E-state index is 0.0176. The number of nitrogens with zero attached hydrogens (tertiary/aromatic N) is 4. The van der Waals surface area contributed by atoms with Gasteiger partial charge in [0.05, 0.1) is 7.11 Å². The van der Waals surface area contributed by atoms with Gasteiger partial charge in [-0.15, -0.1) is 5.10 Å². The first kappa shape index (κ1) is 13.8. The molecule has 3 aromatic rings. The molecule has 0 saturated heterocycles. The summed E-state index contributed by atoms with van der Waals surface area (Å²) < 4.78 is 12.0. The number of rotatable bonds is 4. The topological polar surface area (TPSA) is 95.1 Å². The van der Waals surface area contributed by atoms with Crippen molar-refractivity contribution in [3.63, 3.8) is 0 Å². The highest BCUT2D eigenvalue weighted by atomic mass is 16.5. The predicted octanol–water partition coefficient (Wildman–Crippen LogP) is 1.73. The van der Waals surface area contributed by atoms with Crippen molar-refractivity contribution in [2.75, 3.05) is 12.4 Å². The molecule has 8 nitrogen and oxygen atoms in total. The molecule has 2 heterocycles. The monoisotopic (exact) mass is 299 g/mol. The van der Waals surface area contributed by atoms with Crippen molar-refractivity contribution in [2.24, 2.45) is 7.05 Å². The second kappa shape index (κ2) is 5.68. The van der Waals surface area contributed by atoms with Crippen LogP contribution in [0.3, 0.4) is 0 Å². The first-order chi connectivity index (χ1) is 10.7. The standard InChI is InChI=1S/C14H13N5O3/c1-19-11(6-7-15-19)12(20)16-14-18-17-13(22-14)9-4-3-5-10(8-9)21-2/h3-8H,1-2H3,(H,16,18,20). The summed E-state index contributed by atoms with van der Waals surface area (Å²) in [5.74, 6) is 0.594. The zero-order chi connectivity index (χ0) is 15.5. The highest BCUT2D eigenvalue weighted by Crippen LogP contribution is 2.23. The van der Waals surface area contributed by atoms with Crippen LogP contribution in [0.1, 0.15) is 10.5 Å². The summed E-state index contributed by atoms with van der Waals surface area (Å²) in [7, 11) is 3.25. The molecular weight excluding hydrogens is 286 g/mol. The smallest absolute Gasteiger partial charge is 0.322 e. The van der Waals surface area contributed by atoms with Crippen molar-refractivity contribution in [1.29, 1.82) is 0 Å². The Hall–Kier alpha value is -3.16. The van der Waals surface area contributed by atoms with E-state index in [0.717, 1.165) is 0 Å². The predicted molar refractivity (Wildman–Crippen MR) is 77.4 cm³/mol. The summed E-state index contributed by atoms with van der Waals surface area (Å²) >= 11 is 0. The van der Waals surface area contributed by atoms with Crippen LogP contribution in [0.2, 0.25) is 0 Å². The number of carbonyl (C=O) groups excluding carboxylic acids is 1. The van der Waals surface area contributed by atoms with Crippen LogP contribution in [0.5, 0.6) is 5.75 Å². The van der Waals surface area contributed by atoms with Crippen LogP contribution in [-0.2, 0) is 7.05 Å². The van der Waals surface area contributed by atoms with Gasteiger partial charge in [0.25, 0.3) is 5.91 Å². The van der Waals surface area contributed by atoms with Crippen LogP contribution >= 0.6 is 0 Å². The molecule has 0 radical (unpaired) electrons. The van der Waals surface area contributed by atoms with Crippen LogP contribution in [0.15, 0.2) is 40.9 Å². The Kier molecular flexibility index (Phi) is 3.57. The van der Waals surface area contributed by atoms with Gasteiger partial charge in [-0.1, -0.05) is 11.2 Å². The molecule has 0 unspecified atom stereocenters. The molecule has 1 N–H and O–H groups in total. The summed E-state index contributed by atoms with van der Waals surface area (Å²) in [6.45, 7) is 0. The lowest BCUT2D eigenvalue weighted by atomic mass is 10.2. The molecule has 0 atom stereocenters. The number of hydrogen-bond donors (Lipinski definition) is 1. The maximum absolute atomic E-state index is 12.0. The number of aromatic nitrogens is 4. The third-order valence-electron chi connectivity index (χ3n) is 3.02. The average Bonchev–Trinajstić information content (AvgIpc) is 3.16. The van der Waals surface area contributed by atoms with Gasteiger partial charge in [0.15, 0.2) is 0 Å². The van der Waals surface area contributed by atoms with Crippen molar-refractivity contribution < 1.29 is 13.9 Å². The van der Waals surface area contributed by atoms with Crippen LogP contribution in [-0.4, -0.2) is 33.0 Å². The summed E-state index contributed by atoms with van der Waals surface area (Å²) in [6, 6.07) is 8.80. The molecule has 0 aliphatic rings. The van der Waals surface area contributed by atoms with E-state index in [4.69, 9.17) is 9.15 Å². The molecule has 0 aliphatic carbocycles. The Labute approximate surface area is 125 Å². The molecule has 0 aliphatic heterocycles. The third kappa shape index (κ3) is 2.66. The molecule has 1 aromatic carbocycles. The number of aryl methyl sites for hydroxylation is 1. The molecule has 2 aromatic heterocycles. The third-order valence-corrected chi connectivity index (χ3v) is 3.02. The van der Waals surface area contributed by atoms with E-state index in [1.54, 1.807) is 26.3 Å². The quantitative estimate of drug-likeness (QED) is 0.788. The van der Waals surface area contributed by atoms with E-state index >= 15 is 0 Å². The molecule has 22 heavy (non-hydrogen) atoms. The Balaban J connectivity index is 1.79. The highest BCUT2D eigenvalue weighted by molar-refractivity contribution is 6.01. The minimum atomic E-state index is -0.374. The minimum Gasteiger partial charge on any atom is -0.497 e. The SMILES string of the molecule is COc1cccc(-c2nnc(NC(=O)c3ccnn3C)o2)c1. The fourth-order valence-corrected chi connectivity index (χ4v) is 1.90. The number of hydrogen-bond acceptors (Lipinski definition) is 6. The summed E-state index contributed by atoms with van der Waals surface area (Å²) in [6.07, 6.45) is 1.53. The van der Waals surface area contributed by atoms with Gasteiger partial charge in [-0.25, -0.2) is 0 Å². The van der Waals surface area contributed by atoms with Gasteiger partial charge in [-0.05, 0) is 24.3 Å². The Morgan fingerprint density at radius 1 is 1.32 bits per heavy atom. The Morgan fingerprint density at radius 2 is 2.18 bits per heavy atom. The van der Waals surface area contributed by atoms with Gasteiger partial charge in [-0.3, -0.25) is 14.8 Å². The fourth-order valence-electron chi connectivity index (χ4n) is 1.90. The van der Waals surface area contributed by atoms with Crippen molar-refractivity contribution in [3.05, 3.63) is 42.2 Å². The molecule has 0 fully saturated rings. The van der Waals surface area contributed by atoms with Crippen molar-refractivity contribution in [2.45, 2.75) is 0 Å². The van der Waals surface area contributed by atoms with Crippen molar-refractivity contribution in [3.8, 4) is 17.2 Å². The number of carbonyl (C=O) groups is 1. The summed E-state index contributed by atoms with van der Waals surface area (Å²) in [4.78, 5) is 12.0. The number of anilines is 1. The fraction of sp³-hybridized carbons (Fsp3) is 0.143. The lowest BCUT2D eigenvalue weighted by molar-refractivity contribution is 0.101. The van der Waals surface area contributed by atoms with E-state index in [1.165, 1.54) is 10.9 Å². The number of ether oxygens (including phenoxy) is 1. The van der Waals surface area contributed by atoms with Crippen molar-refractivity contribution >= 4 is 11.9 Å². The molecular formula is C14H13N5O3. The van der Waals surface area contributed by atoms with Gasteiger partial charge in [0, 0.05) is 18.8 Å². The molecule has 1 amide bonds. The summed E-state index contributed by atoms with van der Waals surface area (Å²) in [5.41, 5.74) is 1.09. The van der Waals surface area contributed by atoms with E-state index in [1.807, 2.05) is 18.2 Å². The van der Waals surface area contributed by atoms with Gasteiger partial charge >= 0.3 is 6.01 Å². The first-order valence-electron chi connectivity index (χ1n) is 6.44. The number of methoxy groups -OCH3 is 1. The Morgan fingerprint density at radius 3 is 2.91 bits per heavy atom. The normalized spacial score (nSPS) is 10.5. The van der Waals surface area contributed by atoms with E-state index in [-0.39, 0.29) is 11.9 Å². The molecule has 3 rings (SSSR count). The molecule has 8 heteroatoms. The maximum atomic E-state index is 12.0.